The van der Waals surface area contributed by atoms with Gasteiger partial charge in [0.1, 0.15) is 0 Å². The second-order valence-electron chi connectivity index (χ2n) is 5.44. The van der Waals surface area contributed by atoms with Crippen molar-refractivity contribution in [2.75, 3.05) is 26.1 Å². The number of methoxy groups -OCH3 is 2. The third-order valence-corrected chi connectivity index (χ3v) is 3.92. The highest BCUT2D eigenvalue weighted by Gasteiger charge is 2.13. The molecule has 0 aliphatic rings. The molecular formula is C19H18ClNO6. The van der Waals surface area contributed by atoms with Crippen molar-refractivity contribution in [3.05, 3.63) is 52.5 Å². The van der Waals surface area contributed by atoms with Gasteiger partial charge in [0, 0.05) is 5.56 Å². The van der Waals surface area contributed by atoms with Crippen molar-refractivity contribution in [2.24, 2.45) is 0 Å². The fourth-order valence-electron chi connectivity index (χ4n) is 2.20. The highest BCUT2D eigenvalue weighted by atomic mass is 35.5. The molecule has 0 spiro atoms. The van der Waals surface area contributed by atoms with Crippen LogP contribution in [0.4, 0.5) is 5.69 Å². The Labute approximate surface area is 161 Å². The molecule has 1 amide bonds. The van der Waals surface area contributed by atoms with E-state index in [4.69, 9.17) is 21.1 Å². The SMILES string of the molecule is COC(=O)c1ccc(Cl)c(NC(=O)COc2ccc(C(C)=O)cc2OC)c1. The van der Waals surface area contributed by atoms with Crippen molar-refractivity contribution < 1.29 is 28.6 Å². The summed E-state index contributed by atoms with van der Waals surface area (Å²) in [7, 11) is 2.69. The summed E-state index contributed by atoms with van der Waals surface area (Å²) in [6.45, 7) is 1.11. The van der Waals surface area contributed by atoms with Crippen LogP contribution >= 0.6 is 11.6 Å². The zero-order valence-corrected chi connectivity index (χ0v) is 15.8. The summed E-state index contributed by atoms with van der Waals surface area (Å²) >= 11 is 6.04. The number of carbonyl (C=O) groups excluding carboxylic acids is 3. The van der Waals surface area contributed by atoms with Gasteiger partial charge < -0.3 is 19.5 Å². The normalized spacial score (nSPS) is 10.1. The first kappa shape index (κ1) is 20.3. The number of rotatable bonds is 7. The summed E-state index contributed by atoms with van der Waals surface area (Å²) < 4.78 is 15.3. The fraction of sp³-hybridized carbons (Fsp3) is 0.211. The van der Waals surface area contributed by atoms with Gasteiger partial charge in [0.25, 0.3) is 5.91 Å². The number of esters is 1. The Morgan fingerprint density at radius 2 is 1.70 bits per heavy atom. The van der Waals surface area contributed by atoms with E-state index in [0.29, 0.717) is 17.1 Å². The van der Waals surface area contributed by atoms with Crippen molar-refractivity contribution in [1.29, 1.82) is 0 Å². The number of hydrogen-bond donors (Lipinski definition) is 1. The molecular weight excluding hydrogens is 374 g/mol. The molecule has 0 unspecified atom stereocenters. The largest absolute Gasteiger partial charge is 0.493 e. The van der Waals surface area contributed by atoms with Gasteiger partial charge in [0.05, 0.1) is 30.5 Å². The van der Waals surface area contributed by atoms with Crippen LogP contribution in [0, 0.1) is 0 Å². The molecule has 0 radical (unpaired) electrons. The van der Waals surface area contributed by atoms with Crippen molar-refractivity contribution in [3.8, 4) is 11.5 Å². The first-order valence-electron chi connectivity index (χ1n) is 7.85. The lowest BCUT2D eigenvalue weighted by atomic mass is 10.1. The zero-order chi connectivity index (χ0) is 20.0. The zero-order valence-electron chi connectivity index (χ0n) is 15.0. The molecule has 0 fully saturated rings. The number of hydrogen-bond acceptors (Lipinski definition) is 6. The number of ether oxygens (including phenoxy) is 3. The van der Waals surface area contributed by atoms with Gasteiger partial charge >= 0.3 is 5.97 Å². The number of amides is 1. The lowest BCUT2D eigenvalue weighted by Gasteiger charge is -2.12. The molecule has 0 saturated carbocycles. The number of carbonyl (C=O) groups is 3. The van der Waals surface area contributed by atoms with Crippen LogP contribution in [0.5, 0.6) is 11.5 Å². The Kier molecular flexibility index (Phi) is 6.79. The van der Waals surface area contributed by atoms with E-state index in [0.717, 1.165) is 0 Å². The highest BCUT2D eigenvalue weighted by Crippen LogP contribution is 2.28. The van der Waals surface area contributed by atoms with Gasteiger partial charge in [-0.2, -0.15) is 0 Å². The molecule has 27 heavy (non-hydrogen) atoms. The lowest BCUT2D eigenvalue weighted by molar-refractivity contribution is -0.118. The lowest BCUT2D eigenvalue weighted by Crippen LogP contribution is -2.21. The van der Waals surface area contributed by atoms with Crippen LogP contribution in [0.2, 0.25) is 5.02 Å². The molecule has 0 aliphatic carbocycles. The molecule has 0 aliphatic heterocycles. The van der Waals surface area contributed by atoms with Crippen molar-refractivity contribution in [1.82, 2.24) is 0 Å². The van der Waals surface area contributed by atoms with E-state index in [-0.39, 0.29) is 28.7 Å². The Morgan fingerprint density at radius 1 is 1.00 bits per heavy atom. The molecule has 0 atom stereocenters. The molecule has 0 aromatic heterocycles. The summed E-state index contributed by atoms with van der Waals surface area (Å²) in [5, 5.41) is 2.83. The van der Waals surface area contributed by atoms with E-state index in [1.165, 1.54) is 45.4 Å². The van der Waals surface area contributed by atoms with Crippen LogP contribution < -0.4 is 14.8 Å². The average Bonchev–Trinajstić information content (AvgIpc) is 2.67. The minimum atomic E-state index is -0.547. The van der Waals surface area contributed by atoms with Gasteiger partial charge in [-0.3, -0.25) is 9.59 Å². The molecule has 0 heterocycles. The van der Waals surface area contributed by atoms with Crippen LogP contribution in [0.25, 0.3) is 0 Å². The van der Waals surface area contributed by atoms with Gasteiger partial charge in [-0.05, 0) is 43.3 Å². The molecule has 2 rings (SSSR count). The van der Waals surface area contributed by atoms with Crippen molar-refractivity contribution in [2.45, 2.75) is 6.92 Å². The second-order valence-corrected chi connectivity index (χ2v) is 5.85. The van der Waals surface area contributed by atoms with Gasteiger partial charge in [-0.15, -0.1) is 0 Å². The maximum absolute atomic E-state index is 12.2. The summed E-state index contributed by atoms with van der Waals surface area (Å²) in [6.07, 6.45) is 0. The minimum absolute atomic E-state index is 0.113. The summed E-state index contributed by atoms with van der Waals surface area (Å²) in [5.41, 5.74) is 0.974. The molecule has 0 bridgehead atoms. The Hall–Kier alpha value is -3.06. The first-order valence-corrected chi connectivity index (χ1v) is 8.23. The smallest absolute Gasteiger partial charge is 0.337 e. The van der Waals surface area contributed by atoms with Gasteiger partial charge in [-0.1, -0.05) is 11.6 Å². The number of Topliss-reactive ketones (excluding diaryl/α,β-unsaturated/α-hetero) is 1. The number of nitrogens with one attached hydrogen (secondary N) is 1. The van der Waals surface area contributed by atoms with Crippen molar-refractivity contribution in [3.63, 3.8) is 0 Å². The van der Waals surface area contributed by atoms with Gasteiger partial charge in [-0.25, -0.2) is 4.79 Å². The van der Waals surface area contributed by atoms with E-state index in [1.807, 2.05) is 0 Å². The predicted octanol–water partition coefficient (Wildman–Crippen LogP) is 3.36. The average molecular weight is 392 g/mol. The van der Waals surface area contributed by atoms with Gasteiger partial charge in [0.15, 0.2) is 23.9 Å². The third-order valence-electron chi connectivity index (χ3n) is 3.59. The van der Waals surface area contributed by atoms with Crippen LogP contribution in [-0.2, 0) is 9.53 Å². The van der Waals surface area contributed by atoms with E-state index >= 15 is 0 Å². The summed E-state index contributed by atoms with van der Waals surface area (Å²) in [4.78, 5) is 35.2. The molecule has 7 nitrogen and oxygen atoms in total. The Balaban J connectivity index is 2.07. The number of ketones is 1. The maximum atomic E-state index is 12.2. The molecule has 142 valence electrons. The highest BCUT2D eigenvalue weighted by molar-refractivity contribution is 6.33. The second kappa shape index (κ2) is 9.05. The van der Waals surface area contributed by atoms with E-state index in [2.05, 4.69) is 10.1 Å². The fourth-order valence-corrected chi connectivity index (χ4v) is 2.37. The minimum Gasteiger partial charge on any atom is -0.493 e. The van der Waals surface area contributed by atoms with Crippen molar-refractivity contribution >= 4 is 34.9 Å². The first-order chi connectivity index (χ1) is 12.8. The van der Waals surface area contributed by atoms with Crippen LogP contribution in [-0.4, -0.2) is 38.5 Å². The summed E-state index contributed by atoms with van der Waals surface area (Å²) in [6, 6.07) is 9.04. The van der Waals surface area contributed by atoms with E-state index in [9.17, 15) is 14.4 Å². The molecule has 0 saturated heterocycles. The standard InChI is InChI=1S/C19H18ClNO6/c1-11(22)12-5-7-16(17(9-12)25-2)27-10-18(23)21-15-8-13(19(24)26-3)4-6-14(15)20/h4-9H,10H2,1-3H3,(H,21,23). The third kappa shape index (κ3) is 5.21. The maximum Gasteiger partial charge on any atom is 0.337 e. The van der Waals surface area contributed by atoms with Gasteiger partial charge in [0.2, 0.25) is 0 Å². The number of anilines is 1. The summed E-state index contributed by atoms with van der Waals surface area (Å²) in [5.74, 6) is -0.503. The molecule has 1 N–H and O–H groups in total. The van der Waals surface area contributed by atoms with Crippen LogP contribution in [0.3, 0.4) is 0 Å². The van der Waals surface area contributed by atoms with E-state index in [1.54, 1.807) is 12.1 Å². The predicted molar refractivity (Wildman–Crippen MR) is 99.9 cm³/mol. The topological polar surface area (TPSA) is 90.9 Å². The quantitative estimate of drug-likeness (QED) is 0.575. The number of halogens is 1. The molecule has 2 aromatic carbocycles. The van der Waals surface area contributed by atoms with Crippen LogP contribution in [0.15, 0.2) is 36.4 Å². The molecule has 2 aromatic rings. The monoisotopic (exact) mass is 391 g/mol. The number of benzene rings is 2. The molecule has 8 heteroatoms. The Morgan fingerprint density at radius 3 is 2.33 bits per heavy atom. The van der Waals surface area contributed by atoms with Crippen LogP contribution in [0.1, 0.15) is 27.6 Å². The Bertz CT molecular complexity index is 880. The van der Waals surface area contributed by atoms with E-state index < -0.39 is 11.9 Å².